The molecular weight excluding hydrogens is 200 g/mol. The van der Waals surface area contributed by atoms with Crippen LogP contribution in [-0.2, 0) is 0 Å². The van der Waals surface area contributed by atoms with Crippen molar-refractivity contribution in [3.8, 4) is 0 Å². The highest BCUT2D eigenvalue weighted by molar-refractivity contribution is 8.01. The second-order valence-corrected chi connectivity index (χ2v) is 5.97. The van der Waals surface area contributed by atoms with Crippen LogP contribution in [0.25, 0.3) is 0 Å². The average Bonchev–Trinajstić information content (AvgIpc) is 2.62. The molecule has 1 aliphatic carbocycles. The van der Waals surface area contributed by atoms with Crippen LogP contribution < -0.4 is 5.73 Å². The van der Waals surface area contributed by atoms with Crippen molar-refractivity contribution in [2.75, 3.05) is 0 Å². The van der Waals surface area contributed by atoms with E-state index in [1.807, 2.05) is 18.7 Å². The highest BCUT2D eigenvalue weighted by atomic mass is 32.2. The molecule has 2 N–H and O–H groups in total. The van der Waals surface area contributed by atoms with Crippen molar-refractivity contribution in [3.63, 3.8) is 0 Å². The van der Waals surface area contributed by atoms with Crippen molar-refractivity contribution < 1.29 is 0 Å². The van der Waals surface area contributed by atoms with E-state index in [1.165, 1.54) is 17.2 Å². The van der Waals surface area contributed by atoms with Crippen LogP contribution in [0.1, 0.15) is 25.0 Å². The minimum atomic E-state index is 0.429. The van der Waals surface area contributed by atoms with Gasteiger partial charge in [-0.25, -0.2) is 4.98 Å². The van der Waals surface area contributed by atoms with Gasteiger partial charge in [0.25, 0.3) is 0 Å². The number of nitrogens with zero attached hydrogens (tertiary/aromatic N) is 1. The first-order valence-electron chi connectivity index (χ1n) is 4.58. The van der Waals surface area contributed by atoms with Gasteiger partial charge in [-0.3, -0.25) is 0 Å². The number of hydrogen-bond acceptors (Lipinski definition) is 4. The number of aromatic nitrogens is 1. The zero-order valence-corrected chi connectivity index (χ0v) is 9.33. The molecule has 1 fully saturated rings. The highest BCUT2D eigenvalue weighted by Crippen LogP contribution is 2.35. The normalized spacial score (nSPS) is 28.2. The van der Waals surface area contributed by atoms with E-state index in [9.17, 15) is 0 Å². The predicted molar refractivity (Wildman–Crippen MR) is 58.3 cm³/mol. The van der Waals surface area contributed by atoms with Crippen LogP contribution in [0.5, 0.6) is 0 Å². The minimum absolute atomic E-state index is 0.429. The summed E-state index contributed by atoms with van der Waals surface area (Å²) in [5.41, 5.74) is 6.99. The molecule has 2 rings (SSSR count). The zero-order valence-electron chi connectivity index (χ0n) is 7.69. The number of aryl methyl sites for hydroxylation is 1. The molecule has 0 saturated heterocycles. The molecule has 13 heavy (non-hydrogen) atoms. The minimum Gasteiger partial charge on any atom is -0.328 e. The number of thioether (sulfide) groups is 1. The number of thiazole rings is 1. The molecule has 72 valence electrons. The van der Waals surface area contributed by atoms with Gasteiger partial charge >= 0.3 is 0 Å². The molecule has 2 atom stereocenters. The Morgan fingerprint density at radius 3 is 3.00 bits per heavy atom. The Labute approximate surface area is 86.9 Å². The standard InChI is InChI=1S/C9H14N2S2/c1-6-5-12-9(11-6)13-8-3-2-7(10)4-8/h5,7-8H,2-4,10H2,1H3. The summed E-state index contributed by atoms with van der Waals surface area (Å²) in [6, 6.07) is 0.429. The second kappa shape index (κ2) is 3.98. The first kappa shape index (κ1) is 9.49. The fourth-order valence-electron chi connectivity index (χ4n) is 1.61. The molecule has 0 spiro atoms. The lowest BCUT2D eigenvalue weighted by Crippen LogP contribution is -2.15. The molecule has 0 bridgehead atoms. The molecule has 0 aliphatic heterocycles. The van der Waals surface area contributed by atoms with Gasteiger partial charge in [0, 0.05) is 22.4 Å². The molecule has 1 aromatic rings. The maximum Gasteiger partial charge on any atom is 0.150 e. The zero-order chi connectivity index (χ0) is 9.26. The summed E-state index contributed by atoms with van der Waals surface area (Å²) in [6.07, 6.45) is 3.59. The van der Waals surface area contributed by atoms with Gasteiger partial charge in [0.1, 0.15) is 4.34 Å². The molecule has 1 saturated carbocycles. The van der Waals surface area contributed by atoms with E-state index in [4.69, 9.17) is 5.73 Å². The van der Waals surface area contributed by atoms with Crippen LogP contribution in [-0.4, -0.2) is 16.3 Å². The molecular formula is C9H14N2S2. The largest absolute Gasteiger partial charge is 0.328 e. The summed E-state index contributed by atoms with van der Waals surface area (Å²) < 4.78 is 1.21. The van der Waals surface area contributed by atoms with Gasteiger partial charge in [-0.2, -0.15) is 0 Å². The fraction of sp³-hybridized carbons (Fsp3) is 0.667. The summed E-state index contributed by atoms with van der Waals surface area (Å²) in [7, 11) is 0. The van der Waals surface area contributed by atoms with Gasteiger partial charge in [-0.05, 0) is 26.2 Å². The van der Waals surface area contributed by atoms with Crippen LogP contribution in [0, 0.1) is 6.92 Å². The summed E-state index contributed by atoms with van der Waals surface area (Å²) >= 11 is 3.65. The SMILES string of the molecule is Cc1csc(SC2CCC(N)C2)n1. The van der Waals surface area contributed by atoms with Crippen LogP contribution in [0.2, 0.25) is 0 Å². The van der Waals surface area contributed by atoms with Crippen LogP contribution in [0.3, 0.4) is 0 Å². The molecule has 0 amide bonds. The predicted octanol–water partition coefficient (Wildman–Crippen LogP) is 2.42. The van der Waals surface area contributed by atoms with Crippen molar-refractivity contribution in [1.29, 1.82) is 0 Å². The van der Waals surface area contributed by atoms with Crippen molar-refractivity contribution in [2.45, 2.75) is 41.8 Å². The molecule has 4 heteroatoms. The monoisotopic (exact) mass is 214 g/mol. The summed E-state index contributed by atoms with van der Waals surface area (Å²) in [5.74, 6) is 0. The molecule has 1 aliphatic rings. The molecule has 1 heterocycles. The molecule has 1 aromatic heterocycles. The Morgan fingerprint density at radius 1 is 1.62 bits per heavy atom. The maximum atomic E-state index is 5.85. The lowest BCUT2D eigenvalue weighted by atomic mass is 10.3. The second-order valence-electron chi connectivity index (χ2n) is 3.57. The van der Waals surface area contributed by atoms with E-state index in [0.29, 0.717) is 11.3 Å². The number of hydrogen-bond donors (Lipinski definition) is 1. The van der Waals surface area contributed by atoms with Crippen LogP contribution >= 0.6 is 23.1 Å². The fourth-order valence-corrected chi connectivity index (χ4v) is 3.98. The average molecular weight is 214 g/mol. The Kier molecular flexibility index (Phi) is 2.91. The Morgan fingerprint density at radius 2 is 2.46 bits per heavy atom. The first-order chi connectivity index (χ1) is 6.24. The van der Waals surface area contributed by atoms with E-state index >= 15 is 0 Å². The van der Waals surface area contributed by atoms with Gasteiger partial charge in [0.15, 0.2) is 0 Å². The van der Waals surface area contributed by atoms with Gasteiger partial charge in [0.05, 0.1) is 0 Å². The summed E-state index contributed by atoms with van der Waals surface area (Å²) in [6.45, 7) is 2.04. The van der Waals surface area contributed by atoms with Gasteiger partial charge in [-0.15, -0.1) is 11.3 Å². The molecule has 0 radical (unpaired) electrons. The van der Waals surface area contributed by atoms with Gasteiger partial charge in [-0.1, -0.05) is 11.8 Å². The first-order valence-corrected chi connectivity index (χ1v) is 6.34. The Hall–Kier alpha value is -0.0600. The van der Waals surface area contributed by atoms with Crippen molar-refractivity contribution in [2.24, 2.45) is 5.73 Å². The third-order valence-electron chi connectivity index (χ3n) is 2.29. The number of rotatable bonds is 2. The van der Waals surface area contributed by atoms with Crippen LogP contribution in [0.4, 0.5) is 0 Å². The summed E-state index contributed by atoms with van der Waals surface area (Å²) in [5, 5.41) is 2.82. The van der Waals surface area contributed by atoms with E-state index < -0.39 is 0 Å². The lowest BCUT2D eigenvalue weighted by molar-refractivity contribution is 0.706. The summed E-state index contributed by atoms with van der Waals surface area (Å²) in [4.78, 5) is 4.44. The van der Waals surface area contributed by atoms with E-state index in [-0.39, 0.29) is 0 Å². The maximum absolute atomic E-state index is 5.85. The Balaban J connectivity index is 1.91. The molecule has 2 unspecified atom stereocenters. The Bertz CT molecular complexity index is 285. The molecule has 2 nitrogen and oxygen atoms in total. The van der Waals surface area contributed by atoms with Crippen molar-refractivity contribution in [1.82, 2.24) is 4.98 Å². The van der Waals surface area contributed by atoms with Gasteiger partial charge in [0.2, 0.25) is 0 Å². The van der Waals surface area contributed by atoms with E-state index in [2.05, 4.69) is 10.4 Å². The van der Waals surface area contributed by atoms with Gasteiger partial charge < -0.3 is 5.73 Å². The van der Waals surface area contributed by atoms with E-state index in [1.54, 1.807) is 11.3 Å². The third-order valence-corrected chi connectivity index (χ3v) is 4.67. The van der Waals surface area contributed by atoms with Crippen LogP contribution in [0.15, 0.2) is 9.72 Å². The lowest BCUT2D eigenvalue weighted by Gasteiger charge is -2.05. The topological polar surface area (TPSA) is 38.9 Å². The third kappa shape index (κ3) is 2.45. The quantitative estimate of drug-likeness (QED) is 0.821. The van der Waals surface area contributed by atoms with Crippen molar-refractivity contribution >= 4 is 23.1 Å². The smallest absolute Gasteiger partial charge is 0.150 e. The van der Waals surface area contributed by atoms with E-state index in [0.717, 1.165) is 12.1 Å². The highest BCUT2D eigenvalue weighted by Gasteiger charge is 2.23. The molecule has 0 aromatic carbocycles. The number of nitrogens with two attached hydrogens (primary N) is 1. The van der Waals surface area contributed by atoms with Crippen molar-refractivity contribution in [3.05, 3.63) is 11.1 Å².